The number of pyridine rings is 1. The lowest BCUT2D eigenvalue weighted by Gasteiger charge is -2.04. The molecule has 3 aromatic rings. The van der Waals surface area contributed by atoms with Gasteiger partial charge in [0.25, 0.3) is 0 Å². The standard InChI is InChI=1S/C19H15BrN2O3S/c20-16-6-9-18(10-7-16)26(23,24)22-12-1-2-13-25-17-8-5-15-4-3-11-21-19(15)14-17/h3-11,14,22H,12-13H2. The smallest absolute Gasteiger partial charge is 0.241 e. The minimum Gasteiger partial charge on any atom is -0.481 e. The van der Waals surface area contributed by atoms with Gasteiger partial charge in [0.05, 0.1) is 17.0 Å². The molecule has 0 aliphatic carbocycles. The van der Waals surface area contributed by atoms with E-state index in [2.05, 4.69) is 37.5 Å². The van der Waals surface area contributed by atoms with Crippen molar-refractivity contribution in [2.45, 2.75) is 4.90 Å². The molecule has 5 nitrogen and oxygen atoms in total. The molecule has 0 radical (unpaired) electrons. The molecule has 0 aliphatic rings. The highest BCUT2D eigenvalue weighted by molar-refractivity contribution is 9.10. The Kier molecular flexibility index (Phi) is 5.89. The van der Waals surface area contributed by atoms with Crippen LogP contribution in [0.15, 0.2) is 70.2 Å². The molecule has 0 unspecified atom stereocenters. The van der Waals surface area contributed by atoms with Gasteiger partial charge in [0.2, 0.25) is 10.0 Å². The number of aromatic nitrogens is 1. The van der Waals surface area contributed by atoms with Crippen molar-refractivity contribution >= 4 is 36.9 Å². The van der Waals surface area contributed by atoms with Crippen molar-refractivity contribution in [3.63, 3.8) is 0 Å². The van der Waals surface area contributed by atoms with Crippen molar-refractivity contribution in [3.05, 3.63) is 65.3 Å². The first kappa shape index (κ1) is 18.4. The maximum absolute atomic E-state index is 12.1. The molecule has 2 aromatic carbocycles. The fourth-order valence-electron chi connectivity index (χ4n) is 2.20. The van der Waals surface area contributed by atoms with E-state index in [4.69, 9.17) is 4.74 Å². The van der Waals surface area contributed by atoms with E-state index in [1.165, 1.54) is 12.1 Å². The summed E-state index contributed by atoms with van der Waals surface area (Å²) in [4.78, 5) is 4.46. The first-order valence-corrected chi connectivity index (χ1v) is 10.0. The topological polar surface area (TPSA) is 68.3 Å². The van der Waals surface area contributed by atoms with Crippen LogP contribution in [-0.4, -0.2) is 26.6 Å². The Balaban J connectivity index is 1.51. The third kappa shape index (κ3) is 4.82. The molecule has 0 aliphatic heterocycles. The lowest BCUT2D eigenvalue weighted by Crippen LogP contribution is -2.24. The third-order valence-electron chi connectivity index (χ3n) is 3.49. The largest absolute Gasteiger partial charge is 0.481 e. The molecule has 0 atom stereocenters. The second kappa shape index (κ2) is 8.32. The summed E-state index contributed by atoms with van der Waals surface area (Å²) in [5.41, 5.74) is 0.847. The molecule has 1 N–H and O–H groups in total. The summed E-state index contributed by atoms with van der Waals surface area (Å²) in [5.74, 6) is 6.20. The van der Waals surface area contributed by atoms with Crippen LogP contribution in [0.2, 0.25) is 0 Å². The van der Waals surface area contributed by atoms with Crippen LogP contribution in [-0.2, 0) is 10.0 Å². The van der Waals surface area contributed by atoms with Gasteiger partial charge in [0, 0.05) is 22.1 Å². The highest BCUT2D eigenvalue weighted by Crippen LogP contribution is 2.18. The van der Waals surface area contributed by atoms with Crippen LogP contribution in [0.5, 0.6) is 5.75 Å². The first-order chi connectivity index (χ1) is 12.5. The molecule has 0 amide bonds. The normalized spacial score (nSPS) is 11.0. The number of ether oxygens (including phenoxy) is 1. The number of benzene rings is 2. The number of sulfonamides is 1. The van der Waals surface area contributed by atoms with Crippen molar-refractivity contribution in [2.24, 2.45) is 0 Å². The van der Waals surface area contributed by atoms with Crippen LogP contribution >= 0.6 is 15.9 Å². The summed E-state index contributed by atoms with van der Waals surface area (Å²) in [6.45, 7) is 0.180. The lowest BCUT2D eigenvalue weighted by molar-refractivity contribution is 0.370. The highest BCUT2D eigenvalue weighted by Gasteiger charge is 2.11. The summed E-state index contributed by atoms with van der Waals surface area (Å²) in [7, 11) is -3.56. The summed E-state index contributed by atoms with van der Waals surface area (Å²) in [6.07, 6.45) is 1.73. The predicted molar refractivity (Wildman–Crippen MR) is 104 cm³/mol. The number of nitrogens with zero attached hydrogens (tertiary/aromatic N) is 1. The Labute approximate surface area is 160 Å². The van der Waals surface area contributed by atoms with Crippen LogP contribution in [0.1, 0.15) is 0 Å². The number of rotatable bonds is 5. The van der Waals surface area contributed by atoms with E-state index in [0.29, 0.717) is 5.75 Å². The third-order valence-corrected chi connectivity index (χ3v) is 5.43. The fraction of sp³-hybridized carbons (Fsp3) is 0.105. The summed E-state index contributed by atoms with van der Waals surface area (Å²) in [5, 5.41) is 1.04. The Morgan fingerprint density at radius 3 is 2.69 bits per heavy atom. The van der Waals surface area contributed by atoms with E-state index >= 15 is 0 Å². The summed E-state index contributed by atoms with van der Waals surface area (Å²) < 4.78 is 33.0. The predicted octanol–water partition coefficient (Wildman–Crippen LogP) is 3.36. The van der Waals surface area contributed by atoms with Gasteiger partial charge in [0.15, 0.2) is 0 Å². The second-order valence-corrected chi connectivity index (χ2v) is 7.96. The number of nitrogens with one attached hydrogen (secondary N) is 1. The average molecular weight is 431 g/mol. The zero-order valence-electron chi connectivity index (χ0n) is 13.6. The molecule has 0 saturated heterocycles. The maximum Gasteiger partial charge on any atom is 0.241 e. The molecular weight excluding hydrogens is 416 g/mol. The molecule has 3 rings (SSSR count). The van der Waals surface area contributed by atoms with Crippen LogP contribution < -0.4 is 9.46 Å². The van der Waals surface area contributed by atoms with E-state index in [0.717, 1.165) is 15.4 Å². The van der Waals surface area contributed by atoms with Gasteiger partial charge >= 0.3 is 0 Å². The number of hydrogen-bond donors (Lipinski definition) is 1. The SMILES string of the molecule is O=S(=O)(NCC#CCOc1ccc2cccnc2c1)c1ccc(Br)cc1. The molecule has 26 heavy (non-hydrogen) atoms. The number of halogens is 1. The van der Waals surface area contributed by atoms with Gasteiger partial charge in [-0.15, -0.1) is 0 Å². The van der Waals surface area contributed by atoms with Gasteiger partial charge < -0.3 is 4.74 Å². The van der Waals surface area contributed by atoms with Gasteiger partial charge in [-0.1, -0.05) is 33.8 Å². The number of fused-ring (bicyclic) bond motifs is 1. The molecule has 0 spiro atoms. The van der Waals surface area contributed by atoms with Crippen LogP contribution in [0.25, 0.3) is 10.9 Å². The zero-order chi connectivity index (χ0) is 18.4. The average Bonchev–Trinajstić information content (AvgIpc) is 2.65. The van der Waals surface area contributed by atoms with Gasteiger partial charge in [-0.05, 0) is 42.5 Å². The van der Waals surface area contributed by atoms with Gasteiger partial charge in [-0.3, -0.25) is 4.98 Å². The van der Waals surface area contributed by atoms with E-state index in [-0.39, 0.29) is 18.0 Å². The van der Waals surface area contributed by atoms with Crippen molar-refractivity contribution < 1.29 is 13.2 Å². The van der Waals surface area contributed by atoms with E-state index in [1.807, 2.05) is 30.3 Å². The van der Waals surface area contributed by atoms with Crippen molar-refractivity contribution in [3.8, 4) is 17.6 Å². The van der Waals surface area contributed by atoms with Gasteiger partial charge in [-0.2, -0.15) is 4.72 Å². The number of hydrogen-bond acceptors (Lipinski definition) is 4. The minimum atomic E-state index is -3.56. The Hall–Kier alpha value is -2.40. The molecule has 132 valence electrons. The van der Waals surface area contributed by atoms with Crippen molar-refractivity contribution in [2.75, 3.05) is 13.2 Å². The van der Waals surface area contributed by atoms with Crippen LogP contribution in [0.4, 0.5) is 0 Å². The van der Waals surface area contributed by atoms with Crippen molar-refractivity contribution in [1.82, 2.24) is 9.71 Å². The molecule has 0 bridgehead atoms. The van der Waals surface area contributed by atoms with Crippen LogP contribution in [0.3, 0.4) is 0 Å². The van der Waals surface area contributed by atoms with Crippen LogP contribution in [0, 0.1) is 11.8 Å². The molecule has 1 aromatic heterocycles. The fourth-order valence-corrected chi connectivity index (χ4v) is 3.38. The van der Waals surface area contributed by atoms with E-state index < -0.39 is 10.0 Å². The van der Waals surface area contributed by atoms with Gasteiger partial charge in [-0.25, -0.2) is 8.42 Å². The molecule has 1 heterocycles. The van der Waals surface area contributed by atoms with Gasteiger partial charge in [0.1, 0.15) is 12.4 Å². The van der Waals surface area contributed by atoms with Crippen molar-refractivity contribution in [1.29, 1.82) is 0 Å². The van der Waals surface area contributed by atoms with E-state index in [1.54, 1.807) is 18.3 Å². The Morgan fingerprint density at radius 1 is 1.08 bits per heavy atom. The zero-order valence-corrected chi connectivity index (χ0v) is 16.0. The van der Waals surface area contributed by atoms with E-state index in [9.17, 15) is 8.42 Å². The summed E-state index contributed by atoms with van der Waals surface area (Å²) >= 11 is 3.27. The molecular formula is C19H15BrN2O3S. The summed E-state index contributed by atoms with van der Waals surface area (Å²) in [6, 6.07) is 15.9. The Bertz CT molecular complexity index is 1070. The minimum absolute atomic E-state index is 0.0149. The molecule has 7 heteroatoms. The quantitative estimate of drug-likeness (QED) is 0.630. The second-order valence-electron chi connectivity index (χ2n) is 5.28. The maximum atomic E-state index is 12.1. The highest BCUT2D eigenvalue weighted by atomic mass is 79.9. The molecule has 0 fully saturated rings. The monoisotopic (exact) mass is 430 g/mol. The first-order valence-electron chi connectivity index (χ1n) is 7.73. The Morgan fingerprint density at radius 2 is 1.88 bits per heavy atom. The molecule has 0 saturated carbocycles. The lowest BCUT2D eigenvalue weighted by atomic mass is 10.2.